The van der Waals surface area contributed by atoms with E-state index in [2.05, 4.69) is 39.3 Å². The van der Waals surface area contributed by atoms with Crippen LogP contribution < -0.4 is 0 Å². The van der Waals surface area contributed by atoms with Gasteiger partial charge in [0.1, 0.15) is 5.56 Å². The molecule has 1 fully saturated rings. The zero-order chi connectivity index (χ0) is 10.5. The van der Waals surface area contributed by atoms with E-state index in [-0.39, 0.29) is 5.56 Å². The lowest BCUT2D eigenvalue weighted by Gasteiger charge is -2.53. The predicted molar refractivity (Wildman–Crippen MR) is 68.0 cm³/mol. The van der Waals surface area contributed by atoms with Crippen LogP contribution in [0.2, 0.25) is 45.3 Å². The molecule has 1 nitrogen and oxygen atoms in total. The predicted octanol–water partition coefficient (Wildman–Crippen LogP) is 3.36. The van der Waals surface area contributed by atoms with Gasteiger partial charge in [-0.05, 0) is 19.1 Å². The molecule has 0 radical (unpaired) electrons. The summed E-state index contributed by atoms with van der Waals surface area (Å²) in [4.78, 5) is 0. The summed E-state index contributed by atoms with van der Waals surface area (Å²) < 4.78 is 6.03. The molecule has 0 saturated carbocycles. The van der Waals surface area contributed by atoms with Crippen molar-refractivity contribution in [3.8, 4) is 0 Å². The highest BCUT2D eigenvalue weighted by Gasteiger charge is 2.58. The Bertz CT molecular complexity index is 195. The Labute approximate surface area is 89.5 Å². The Morgan fingerprint density at radius 2 is 1.54 bits per heavy atom. The molecule has 0 aromatic carbocycles. The van der Waals surface area contributed by atoms with E-state index in [1.165, 1.54) is 0 Å². The molecule has 5 heteroatoms. The third-order valence-electron chi connectivity index (χ3n) is 4.29. The highest BCUT2D eigenvalue weighted by molar-refractivity contribution is 7.67. The molecule has 1 aliphatic heterocycles. The van der Waals surface area contributed by atoms with Gasteiger partial charge < -0.3 is 4.43 Å². The van der Waals surface area contributed by atoms with Crippen LogP contribution in [0.1, 0.15) is 0 Å². The molecule has 1 unspecified atom stereocenters. The largest absolute Gasteiger partial charge is 0.405 e. The van der Waals surface area contributed by atoms with Crippen LogP contribution >= 0.6 is 11.6 Å². The van der Waals surface area contributed by atoms with Crippen molar-refractivity contribution >= 4 is 34.1 Å². The molecule has 0 aromatic rings. The summed E-state index contributed by atoms with van der Waals surface area (Å²) >= 11 is 6.18. The van der Waals surface area contributed by atoms with Gasteiger partial charge in [-0.15, -0.1) is 0 Å². The average Bonchev–Trinajstić information content (AvgIpc) is 1.80. The third kappa shape index (κ3) is 1.84. The van der Waals surface area contributed by atoms with Crippen LogP contribution in [0, 0.1) is 0 Å². The molecule has 0 bridgehead atoms. The molecule has 1 rings (SSSR count). The van der Waals surface area contributed by atoms with Crippen LogP contribution in [-0.2, 0) is 4.43 Å². The molecule has 0 spiro atoms. The third-order valence-corrected chi connectivity index (χ3v) is 45.3. The van der Waals surface area contributed by atoms with Crippen molar-refractivity contribution in [3.05, 3.63) is 0 Å². The lowest BCUT2D eigenvalue weighted by atomic mass is 10.9. The lowest BCUT2D eigenvalue weighted by Crippen LogP contribution is -2.75. The number of hydrogen-bond donors (Lipinski definition) is 0. The van der Waals surface area contributed by atoms with Gasteiger partial charge in [-0.1, -0.05) is 37.8 Å². The summed E-state index contributed by atoms with van der Waals surface area (Å²) in [6.07, 6.45) is 0. The second kappa shape index (κ2) is 3.20. The molecule has 1 heterocycles. The van der Waals surface area contributed by atoms with E-state index < -0.39 is 22.5 Å². The number of alkyl halides is 1. The number of rotatable bonds is 0. The molecule has 1 saturated heterocycles. The fraction of sp³-hybridized carbons (Fsp3) is 1.00. The summed E-state index contributed by atoms with van der Waals surface area (Å²) in [5, 5.41) is 0. The van der Waals surface area contributed by atoms with Gasteiger partial charge in [0.25, 0.3) is 0 Å². The van der Waals surface area contributed by atoms with Crippen molar-refractivity contribution in [2.24, 2.45) is 0 Å². The minimum atomic E-state index is -1.45. The lowest BCUT2D eigenvalue weighted by molar-refractivity contribution is 0.296. The van der Waals surface area contributed by atoms with Crippen molar-refractivity contribution in [1.29, 1.82) is 0 Å². The standard InChI is InChI=1S/C8H21ClOSi3/c1-11(2)7-8(9)10-12(3,4)13(11,5)6/h8H,7H2,1-6H3. The van der Waals surface area contributed by atoms with Crippen molar-refractivity contribution in [2.75, 3.05) is 0 Å². The molecule has 13 heavy (non-hydrogen) atoms. The maximum Gasteiger partial charge on any atom is 0.173 e. The fourth-order valence-electron chi connectivity index (χ4n) is 1.98. The van der Waals surface area contributed by atoms with Crippen LogP contribution in [0.5, 0.6) is 0 Å². The second-order valence-electron chi connectivity index (χ2n) is 5.75. The Hall–Kier alpha value is 0.901. The molecule has 0 amide bonds. The monoisotopic (exact) mass is 252 g/mol. The zero-order valence-electron chi connectivity index (χ0n) is 9.57. The summed E-state index contributed by atoms with van der Waals surface area (Å²) in [6, 6.07) is 1.16. The van der Waals surface area contributed by atoms with E-state index in [9.17, 15) is 0 Å². The van der Waals surface area contributed by atoms with E-state index in [1.54, 1.807) is 0 Å². The zero-order valence-corrected chi connectivity index (χ0v) is 13.3. The molecular weight excluding hydrogens is 232 g/mol. The molecule has 78 valence electrons. The van der Waals surface area contributed by atoms with Gasteiger partial charge in [-0.2, -0.15) is 0 Å². The first-order valence-corrected chi connectivity index (χ1v) is 16.5. The summed E-state index contributed by atoms with van der Waals surface area (Å²) in [5.41, 5.74) is 0.0175. The van der Waals surface area contributed by atoms with Crippen LogP contribution in [0.3, 0.4) is 0 Å². The maximum absolute atomic E-state index is 6.18. The number of hydrogen-bond acceptors (Lipinski definition) is 1. The minimum Gasteiger partial charge on any atom is -0.405 e. The highest BCUT2D eigenvalue weighted by Crippen LogP contribution is 2.40. The first-order chi connectivity index (χ1) is 5.60. The Morgan fingerprint density at radius 3 is 1.92 bits per heavy atom. The van der Waals surface area contributed by atoms with Crippen molar-refractivity contribution < 1.29 is 4.43 Å². The van der Waals surface area contributed by atoms with Gasteiger partial charge in [-0.25, -0.2) is 0 Å². The van der Waals surface area contributed by atoms with Crippen molar-refractivity contribution in [2.45, 2.75) is 50.9 Å². The summed E-state index contributed by atoms with van der Waals surface area (Å²) in [6.45, 7) is 14.8. The van der Waals surface area contributed by atoms with E-state index in [0.717, 1.165) is 6.04 Å². The number of halogens is 1. The Morgan fingerprint density at radius 1 is 1.08 bits per heavy atom. The molecule has 0 N–H and O–H groups in total. The Kier molecular flexibility index (Phi) is 2.95. The van der Waals surface area contributed by atoms with Crippen molar-refractivity contribution in [3.63, 3.8) is 0 Å². The van der Waals surface area contributed by atoms with Gasteiger partial charge in [0.2, 0.25) is 0 Å². The first-order valence-electron chi connectivity index (χ1n) is 4.92. The van der Waals surface area contributed by atoms with Gasteiger partial charge in [0, 0.05) is 7.59 Å². The first kappa shape index (κ1) is 12.0. The quantitative estimate of drug-likeness (QED) is 0.475. The Balaban J connectivity index is 3.03. The highest BCUT2D eigenvalue weighted by atomic mass is 35.5. The normalized spacial score (nSPS) is 35.8. The molecular formula is C8H21ClOSi3. The average molecular weight is 253 g/mol. The van der Waals surface area contributed by atoms with Crippen LogP contribution in [-0.4, -0.2) is 28.1 Å². The second-order valence-corrected chi connectivity index (χ2v) is 33.6. The van der Waals surface area contributed by atoms with Gasteiger partial charge in [0.05, 0.1) is 7.11 Å². The topological polar surface area (TPSA) is 9.23 Å². The van der Waals surface area contributed by atoms with Crippen LogP contribution in [0.4, 0.5) is 0 Å². The summed E-state index contributed by atoms with van der Waals surface area (Å²) in [5.74, 6) is 0. The van der Waals surface area contributed by atoms with Crippen LogP contribution in [0.15, 0.2) is 0 Å². The van der Waals surface area contributed by atoms with E-state index in [1.807, 2.05) is 0 Å². The summed E-state index contributed by atoms with van der Waals surface area (Å²) in [7, 11) is -3.64. The van der Waals surface area contributed by atoms with E-state index in [0.29, 0.717) is 0 Å². The van der Waals surface area contributed by atoms with Crippen molar-refractivity contribution in [1.82, 2.24) is 0 Å². The van der Waals surface area contributed by atoms with Crippen LogP contribution in [0.25, 0.3) is 0 Å². The van der Waals surface area contributed by atoms with Gasteiger partial charge >= 0.3 is 0 Å². The SMILES string of the molecule is C[Si]1(C)CC(Cl)O[Si](C)(C)[Si]1(C)C. The van der Waals surface area contributed by atoms with Gasteiger partial charge in [0.15, 0.2) is 7.83 Å². The minimum absolute atomic E-state index is 0.0175. The molecule has 1 aliphatic rings. The molecule has 1 atom stereocenters. The molecule has 0 aliphatic carbocycles. The smallest absolute Gasteiger partial charge is 0.173 e. The molecule has 0 aromatic heterocycles. The maximum atomic E-state index is 6.18. The van der Waals surface area contributed by atoms with Gasteiger partial charge in [-0.3, -0.25) is 0 Å². The van der Waals surface area contributed by atoms with E-state index in [4.69, 9.17) is 16.0 Å². The fourth-order valence-corrected chi connectivity index (χ4v) is 33.0. The van der Waals surface area contributed by atoms with E-state index >= 15 is 0 Å².